The monoisotopic (exact) mass is 352 g/mol. The first-order chi connectivity index (χ1) is 10.6. The van der Waals surface area contributed by atoms with Gasteiger partial charge in [-0.05, 0) is 25.2 Å². The normalized spacial score (nSPS) is 17.5. The molecule has 0 aliphatic carbocycles. The molecule has 2 rings (SSSR count). The molecule has 0 atom stereocenters. The number of rotatable bonds is 4. The van der Waals surface area contributed by atoms with E-state index >= 15 is 0 Å². The molecule has 10 heteroatoms. The van der Waals surface area contributed by atoms with E-state index in [1.165, 1.54) is 24.1 Å². The highest BCUT2D eigenvalue weighted by Gasteiger charge is 2.32. The Morgan fingerprint density at radius 2 is 1.83 bits per heavy atom. The van der Waals surface area contributed by atoms with Crippen LogP contribution < -0.4 is 15.4 Å². The summed E-state index contributed by atoms with van der Waals surface area (Å²) < 4.78 is 62.8. The summed E-state index contributed by atoms with van der Waals surface area (Å²) in [5, 5.41) is 0. The van der Waals surface area contributed by atoms with Crippen LogP contribution in [0.5, 0.6) is 0 Å². The molecule has 1 aromatic carbocycles. The molecule has 1 aliphatic heterocycles. The molecule has 1 heterocycles. The number of sulfonamides is 1. The number of hydrogen-bond donors (Lipinski definition) is 2. The van der Waals surface area contributed by atoms with Gasteiger partial charge in [0.2, 0.25) is 10.0 Å². The van der Waals surface area contributed by atoms with Crippen molar-refractivity contribution in [2.75, 3.05) is 50.4 Å². The minimum absolute atomic E-state index is 0.0527. The van der Waals surface area contributed by atoms with E-state index in [0.717, 1.165) is 0 Å². The molecule has 0 amide bonds. The van der Waals surface area contributed by atoms with E-state index < -0.39 is 22.7 Å². The number of halogens is 3. The first kappa shape index (κ1) is 17.8. The van der Waals surface area contributed by atoms with Gasteiger partial charge in [-0.25, -0.2) is 13.1 Å². The maximum absolute atomic E-state index is 12.4. The predicted octanol–water partition coefficient (Wildman–Crippen LogP) is 0.861. The van der Waals surface area contributed by atoms with Gasteiger partial charge >= 0.3 is 6.18 Å². The van der Waals surface area contributed by atoms with Crippen molar-refractivity contribution in [1.82, 2.24) is 9.62 Å². The first-order valence-corrected chi connectivity index (χ1v) is 8.48. The fourth-order valence-corrected chi connectivity index (χ4v) is 3.27. The van der Waals surface area contributed by atoms with Crippen molar-refractivity contribution in [2.24, 2.45) is 0 Å². The smallest absolute Gasteiger partial charge is 0.397 e. The second-order valence-corrected chi connectivity index (χ2v) is 7.19. The van der Waals surface area contributed by atoms with Crippen LogP contribution in [0.4, 0.5) is 24.5 Å². The van der Waals surface area contributed by atoms with Crippen molar-refractivity contribution in [3.05, 3.63) is 18.2 Å². The van der Waals surface area contributed by atoms with Crippen molar-refractivity contribution in [2.45, 2.75) is 11.1 Å². The number of anilines is 2. The highest BCUT2D eigenvalue weighted by Crippen LogP contribution is 2.27. The highest BCUT2D eigenvalue weighted by atomic mass is 32.2. The Balaban J connectivity index is 2.07. The summed E-state index contributed by atoms with van der Waals surface area (Å²) in [5.41, 5.74) is 6.83. The molecule has 0 spiro atoms. The molecule has 130 valence electrons. The topological polar surface area (TPSA) is 78.7 Å². The molecule has 0 aromatic heterocycles. The van der Waals surface area contributed by atoms with Gasteiger partial charge in [0.15, 0.2) is 0 Å². The van der Waals surface area contributed by atoms with Crippen LogP contribution in [0.3, 0.4) is 0 Å². The minimum atomic E-state index is -4.20. The van der Waals surface area contributed by atoms with Gasteiger partial charge in [-0.15, -0.1) is 0 Å². The average Bonchev–Trinajstić information content (AvgIpc) is 2.46. The molecule has 1 aliphatic rings. The van der Waals surface area contributed by atoms with Crippen molar-refractivity contribution >= 4 is 21.4 Å². The number of nitrogen functional groups attached to an aromatic ring is 1. The third kappa shape index (κ3) is 4.49. The van der Waals surface area contributed by atoms with Crippen LogP contribution in [0.25, 0.3) is 0 Å². The van der Waals surface area contributed by atoms with Crippen LogP contribution in [0.2, 0.25) is 0 Å². The predicted molar refractivity (Wildman–Crippen MR) is 81.8 cm³/mol. The van der Waals surface area contributed by atoms with Gasteiger partial charge in [-0.1, -0.05) is 0 Å². The maximum atomic E-state index is 12.4. The van der Waals surface area contributed by atoms with Gasteiger partial charge in [-0.3, -0.25) is 4.90 Å². The summed E-state index contributed by atoms with van der Waals surface area (Å²) in [5.74, 6) is 0. The average molecular weight is 352 g/mol. The standard InChI is InChI=1S/C13H19F3N4O2S/c1-18-23(21,22)10-2-3-12(11(17)8-10)20-6-4-19(5-7-20)9-13(14,15)16/h2-3,8,18H,4-7,9,17H2,1H3. The second kappa shape index (κ2) is 6.54. The molecule has 6 nitrogen and oxygen atoms in total. The number of nitrogens with two attached hydrogens (primary N) is 1. The van der Waals surface area contributed by atoms with Gasteiger partial charge in [0.25, 0.3) is 0 Å². The summed E-state index contributed by atoms with van der Waals surface area (Å²) in [4.78, 5) is 3.25. The van der Waals surface area contributed by atoms with E-state index in [2.05, 4.69) is 4.72 Å². The lowest BCUT2D eigenvalue weighted by molar-refractivity contribution is -0.146. The Labute approximate surface area is 133 Å². The lowest BCUT2D eigenvalue weighted by Gasteiger charge is -2.36. The fraction of sp³-hybridized carbons (Fsp3) is 0.538. The zero-order valence-electron chi connectivity index (χ0n) is 12.6. The van der Waals surface area contributed by atoms with Crippen LogP contribution in [0.15, 0.2) is 23.1 Å². The molecule has 0 bridgehead atoms. The number of piperazine rings is 1. The molecule has 1 fully saturated rings. The lowest BCUT2D eigenvalue weighted by Crippen LogP contribution is -2.49. The quantitative estimate of drug-likeness (QED) is 0.786. The van der Waals surface area contributed by atoms with Gasteiger partial charge < -0.3 is 10.6 Å². The Kier molecular flexibility index (Phi) is 5.07. The number of nitrogens with one attached hydrogen (secondary N) is 1. The summed E-state index contributed by atoms with van der Waals surface area (Å²) in [6.45, 7) is 0.428. The Morgan fingerprint density at radius 3 is 2.30 bits per heavy atom. The van der Waals surface area contributed by atoms with Gasteiger partial charge in [-0.2, -0.15) is 13.2 Å². The number of nitrogens with zero attached hydrogens (tertiary/aromatic N) is 2. The molecule has 0 radical (unpaired) electrons. The zero-order valence-corrected chi connectivity index (χ0v) is 13.4. The van der Waals surface area contributed by atoms with E-state index in [1.54, 1.807) is 6.07 Å². The first-order valence-electron chi connectivity index (χ1n) is 6.99. The van der Waals surface area contributed by atoms with E-state index in [0.29, 0.717) is 18.8 Å². The van der Waals surface area contributed by atoms with E-state index in [-0.39, 0.29) is 23.7 Å². The molecular weight excluding hydrogens is 333 g/mol. The van der Waals surface area contributed by atoms with E-state index in [1.807, 2.05) is 4.90 Å². The van der Waals surface area contributed by atoms with Crippen LogP contribution in [-0.2, 0) is 10.0 Å². The van der Waals surface area contributed by atoms with Crippen molar-refractivity contribution in [1.29, 1.82) is 0 Å². The molecular formula is C13H19F3N4O2S. The number of alkyl halides is 3. The lowest BCUT2D eigenvalue weighted by atomic mass is 10.2. The SMILES string of the molecule is CNS(=O)(=O)c1ccc(N2CCN(CC(F)(F)F)CC2)c(N)c1. The van der Waals surface area contributed by atoms with E-state index in [4.69, 9.17) is 5.73 Å². The Hall–Kier alpha value is -1.52. The summed E-state index contributed by atoms with van der Waals surface area (Å²) in [6, 6.07) is 4.36. The van der Waals surface area contributed by atoms with Gasteiger partial charge in [0, 0.05) is 26.2 Å². The molecule has 1 aromatic rings. The fourth-order valence-electron chi connectivity index (χ4n) is 2.51. The number of benzene rings is 1. The Bertz CT molecular complexity index is 656. The minimum Gasteiger partial charge on any atom is -0.397 e. The van der Waals surface area contributed by atoms with Crippen LogP contribution in [-0.4, -0.2) is 59.3 Å². The summed E-state index contributed by atoms with van der Waals surface area (Å²) in [7, 11) is -2.27. The molecule has 0 saturated carbocycles. The van der Waals surface area contributed by atoms with Gasteiger partial charge in [0.1, 0.15) is 0 Å². The van der Waals surface area contributed by atoms with E-state index in [9.17, 15) is 21.6 Å². The van der Waals surface area contributed by atoms with Crippen molar-refractivity contribution in [3.8, 4) is 0 Å². The maximum Gasteiger partial charge on any atom is 0.401 e. The molecule has 0 unspecified atom stereocenters. The van der Waals surface area contributed by atoms with Crippen LogP contribution >= 0.6 is 0 Å². The summed E-state index contributed by atoms with van der Waals surface area (Å²) in [6.07, 6.45) is -4.20. The second-order valence-electron chi connectivity index (χ2n) is 5.31. The van der Waals surface area contributed by atoms with Crippen molar-refractivity contribution < 1.29 is 21.6 Å². The van der Waals surface area contributed by atoms with Gasteiger partial charge in [0.05, 0.1) is 22.8 Å². The highest BCUT2D eigenvalue weighted by molar-refractivity contribution is 7.89. The van der Waals surface area contributed by atoms with Crippen molar-refractivity contribution in [3.63, 3.8) is 0 Å². The number of hydrogen-bond acceptors (Lipinski definition) is 5. The summed E-state index contributed by atoms with van der Waals surface area (Å²) >= 11 is 0. The van der Waals surface area contributed by atoms with Crippen LogP contribution in [0.1, 0.15) is 0 Å². The molecule has 3 N–H and O–H groups in total. The van der Waals surface area contributed by atoms with Crippen LogP contribution in [0, 0.1) is 0 Å². The largest absolute Gasteiger partial charge is 0.401 e. The zero-order chi connectivity index (χ0) is 17.3. The molecule has 23 heavy (non-hydrogen) atoms. The molecule has 1 saturated heterocycles. The third-order valence-corrected chi connectivity index (χ3v) is 5.11. The Morgan fingerprint density at radius 1 is 1.22 bits per heavy atom. The third-order valence-electron chi connectivity index (χ3n) is 3.69.